The van der Waals surface area contributed by atoms with Gasteiger partial charge in [-0.2, -0.15) is 4.98 Å². The van der Waals surface area contributed by atoms with Crippen LogP contribution >= 0.6 is 0 Å². The lowest BCUT2D eigenvalue weighted by atomic mass is 10.0. The average molecular weight is 267 g/mol. The smallest absolute Gasteiger partial charge is 0.215 e. The van der Waals surface area contributed by atoms with Gasteiger partial charge in [-0.15, -0.1) is 0 Å². The van der Waals surface area contributed by atoms with Crippen LogP contribution in [-0.4, -0.2) is 22.1 Å². The number of aromatic nitrogens is 3. The molecule has 0 saturated carbocycles. The van der Waals surface area contributed by atoms with Crippen LogP contribution in [-0.2, 0) is 0 Å². The first-order valence-corrected chi connectivity index (χ1v) is 6.68. The number of pyridine rings is 1. The molecule has 2 heterocycles. The van der Waals surface area contributed by atoms with Crippen LogP contribution in [0.4, 0.5) is 0 Å². The summed E-state index contributed by atoms with van der Waals surface area (Å²) < 4.78 is 5.12. The summed E-state index contributed by atoms with van der Waals surface area (Å²) in [6, 6.07) is 12.2. The lowest BCUT2D eigenvalue weighted by Crippen LogP contribution is -1.88. The quantitative estimate of drug-likeness (QED) is 0.786. The van der Waals surface area contributed by atoms with Crippen LogP contribution in [0.3, 0.4) is 0 Å². The summed E-state index contributed by atoms with van der Waals surface area (Å²) in [4.78, 5) is 12.2. The van der Waals surface area contributed by atoms with E-state index in [4.69, 9.17) is 4.74 Å². The summed E-state index contributed by atoms with van der Waals surface area (Å²) in [7, 11) is 1.61. The molecule has 0 saturated heterocycles. The predicted molar refractivity (Wildman–Crippen MR) is 80.0 cm³/mol. The zero-order chi connectivity index (χ0) is 14.1. The number of benzene rings is 1. The van der Waals surface area contributed by atoms with E-state index in [2.05, 4.69) is 53.1 Å². The molecular formula is C16H17N3O. The monoisotopic (exact) mass is 267 g/mol. The lowest BCUT2D eigenvalue weighted by Gasteiger charge is -2.06. The van der Waals surface area contributed by atoms with Gasteiger partial charge >= 0.3 is 0 Å². The first-order valence-electron chi connectivity index (χ1n) is 6.68. The Morgan fingerprint density at radius 1 is 1.10 bits per heavy atom. The molecule has 0 aliphatic heterocycles. The molecule has 1 N–H and O–H groups in total. The number of fused-ring (bicyclic) bond motifs is 1. The Bertz CT molecular complexity index is 746. The highest BCUT2D eigenvalue weighted by Crippen LogP contribution is 2.24. The minimum Gasteiger partial charge on any atom is -0.481 e. The number of rotatable bonds is 3. The zero-order valence-electron chi connectivity index (χ0n) is 11.8. The van der Waals surface area contributed by atoms with E-state index in [9.17, 15) is 0 Å². The number of methoxy groups -OCH3 is 1. The minimum absolute atomic E-state index is 0.498. The van der Waals surface area contributed by atoms with E-state index in [1.807, 2.05) is 12.1 Å². The van der Waals surface area contributed by atoms with Gasteiger partial charge in [-0.3, -0.25) is 0 Å². The number of hydrogen-bond acceptors (Lipinski definition) is 3. The first kappa shape index (κ1) is 12.7. The summed E-state index contributed by atoms with van der Waals surface area (Å²) in [5, 5.41) is 0. The van der Waals surface area contributed by atoms with Gasteiger partial charge in [-0.25, -0.2) is 4.98 Å². The third-order valence-corrected chi connectivity index (χ3v) is 3.36. The van der Waals surface area contributed by atoms with E-state index in [0.717, 1.165) is 16.9 Å². The number of ether oxygens (including phenoxy) is 1. The molecule has 4 heteroatoms. The summed E-state index contributed by atoms with van der Waals surface area (Å²) in [5.41, 5.74) is 3.96. The molecule has 102 valence electrons. The molecule has 4 nitrogen and oxygen atoms in total. The van der Waals surface area contributed by atoms with Gasteiger partial charge in [0.05, 0.1) is 12.6 Å². The Morgan fingerprint density at radius 2 is 1.95 bits per heavy atom. The summed E-state index contributed by atoms with van der Waals surface area (Å²) >= 11 is 0. The Hall–Kier alpha value is -2.36. The second-order valence-corrected chi connectivity index (χ2v) is 5.09. The summed E-state index contributed by atoms with van der Waals surface area (Å²) in [6.45, 7) is 4.37. The molecule has 0 spiro atoms. The number of H-pyrrole nitrogens is 1. The van der Waals surface area contributed by atoms with E-state index in [1.54, 1.807) is 7.11 Å². The van der Waals surface area contributed by atoms with Crippen molar-refractivity contribution < 1.29 is 4.74 Å². The number of hydrogen-bond donors (Lipinski definition) is 1. The standard InChI is InChI=1S/C16H17N3O/c1-10(2)11-5-4-6-12(9-11)15-17-13-7-8-14(20-3)18-16(13)19-15/h4-10H,1-3H3,(H,17,18,19). The molecule has 0 amide bonds. The molecule has 20 heavy (non-hydrogen) atoms. The van der Waals surface area contributed by atoms with Gasteiger partial charge in [-0.05, 0) is 23.6 Å². The van der Waals surface area contributed by atoms with Crippen molar-refractivity contribution in [1.29, 1.82) is 0 Å². The van der Waals surface area contributed by atoms with Crippen LogP contribution in [0.5, 0.6) is 5.88 Å². The molecule has 0 aliphatic carbocycles. The fourth-order valence-electron chi connectivity index (χ4n) is 2.17. The highest BCUT2D eigenvalue weighted by atomic mass is 16.5. The molecule has 3 aromatic rings. The van der Waals surface area contributed by atoms with Crippen molar-refractivity contribution >= 4 is 11.2 Å². The van der Waals surface area contributed by atoms with Gasteiger partial charge in [-0.1, -0.05) is 32.0 Å². The van der Waals surface area contributed by atoms with Gasteiger partial charge in [0, 0.05) is 11.6 Å². The van der Waals surface area contributed by atoms with Crippen LogP contribution in [0.2, 0.25) is 0 Å². The minimum atomic E-state index is 0.498. The molecule has 0 fully saturated rings. The van der Waals surface area contributed by atoms with Crippen LogP contribution in [0.1, 0.15) is 25.3 Å². The van der Waals surface area contributed by atoms with Crippen molar-refractivity contribution in [3.63, 3.8) is 0 Å². The SMILES string of the molecule is COc1ccc2[nH]c(-c3cccc(C(C)C)c3)nc2n1. The van der Waals surface area contributed by atoms with E-state index in [-0.39, 0.29) is 0 Å². The maximum absolute atomic E-state index is 5.12. The van der Waals surface area contributed by atoms with Crippen molar-refractivity contribution in [2.45, 2.75) is 19.8 Å². The Balaban J connectivity index is 2.07. The van der Waals surface area contributed by atoms with E-state index in [1.165, 1.54) is 5.56 Å². The fraction of sp³-hybridized carbons (Fsp3) is 0.250. The predicted octanol–water partition coefficient (Wildman–Crippen LogP) is 3.76. The highest BCUT2D eigenvalue weighted by Gasteiger charge is 2.08. The fourth-order valence-corrected chi connectivity index (χ4v) is 2.17. The topological polar surface area (TPSA) is 50.8 Å². The van der Waals surface area contributed by atoms with Crippen LogP contribution < -0.4 is 4.74 Å². The van der Waals surface area contributed by atoms with Crippen LogP contribution in [0.25, 0.3) is 22.6 Å². The Labute approximate surface area is 117 Å². The Kier molecular flexibility index (Phi) is 3.14. The molecule has 0 bridgehead atoms. The highest BCUT2D eigenvalue weighted by molar-refractivity contribution is 5.76. The van der Waals surface area contributed by atoms with Crippen molar-refractivity contribution in [2.24, 2.45) is 0 Å². The average Bonchev–Trinajstić information content (AvgIpc) is 2.90. The van der Waals surface area contributed by atoms with E-state index in [0.29, 0.717) is 17.4 Å². The second kappa shape index (κ2) is 4.96. The summed E-state index contributed by atoms with van der Waals surface area (Å²) in [6.07, 6.45) is 0. The van der Waals surface area contributed by atoms with Gasteiger partial charge in [0.15, 0.2) is 5.65 Å². The molecule has 0 unspecified atom stereocenters. The maximum atomic E-state index is 5.12. The molecule has 3 rings (SSSR count). The van der Waals surface area contributed by atoms with E-state index < -0.39 is 0 Å². The van der Waals surface area contributed by atoms with Crippen LogP contribution in [0.15, 0.2) is 36.4 Å². The molecule has 0 radical (unpaired) electrons. The lowest BCUT2D eigenvalue weighted by molar-refractivity contribution is 0.399. The molecule has 0 aliphatic rings. The Morgan fingerprint density at radius 3 is 2.70 bits per heavy atom. The maximum Gasteiger partial charge on any atom is 0.215 e. The normalized spacial score (nSPS) is 11.2. The second-order valence-electron chi connectivity index (χ2n) is 5.09. The van der Waals surface area contributed by atoms with Crippen molar-refractivity contribution in [1.82, 2.24) is 15.0 Å². The molecule has 2 aromatic heterocycles. The van der Waals surface area contributed by atoms with Crippen molar-refractivity contribution in [3.8, 4) is 17.3 Å². The third kappa shape index (κ3) is 2.25. The largest absolute Gasteiger partial charge is 0.481 e. The van der Waals surface area contributed by atoms with E-state index >= 15 is 0 Å². The molecular weight excluding hydrogens is 250 g/mol. The number of aromatic amines is 1. The zero-order valence-corrected chi connectivity index (χ0v) is 11.8. The number of nitrogens with one attached hydrogen (secondary N) is 1. The molecule has 1 aromatic carbocycles. The third-order valence-electron chi connectivity index (χ3n) is 3.36. The van der Waals surface area contributed by atoms with Crippen molar-refractivity contribution in [3.05, 3.63) is 42.0 Å². The van der Waals surface area contributed by atoms with Crippen LogP contribution in [0, 0.1) is 0 Å². The van der Waals surface area contributed by atoms with Crippen molar-refractivity contribution in [2.75, 3.05) is 7.11 Å². The number of nitrogens with zero attached hydrogens (tertiary/aromatic N) is 2. The van der Waals surface area contributed by atoms with Gasteiger partial charge in [0.25, 0.3) is 0 Å². The number of imidazole rings is 1. The first-order chi connectivity index (χ1) is 9.67. The van der Waals surface area contributed by atoms with Gasteiger partial charge in [0.1, 0.15) is 5.82 Å². The summed E-state index contributed by atoms with van der Waals surface area (Å²) in [5.74, 6) is 1.91. The van der Waals surface area contributed by atoms with Gasteiger partial charge in [0.2, 0.25) is 5.88 Å². The van der Waals surface area contributed by atoms with Gasteiger partial charge < -0.3 is 9.72 Å². The molecule has 0 atom stereocenters.